The van der Waals surface area contributed by atoms with Crippen molar-refractivity contribution in [1.82, 2.24) is 10.3 Å². The van der Waals surface area contributed by atoms with E-state index in [-0.39, 0.29) is 24.4 Å². The molecule has 0 aliphatic carbocycles. The Morgan fingerprint density at radius 1 is 1.48 bits per heavy atom. The highest BCUT2D eigenvalue weighted by Gasteiger charge is 2.17. The van der Waals surface area contributed by atoms with Crippen LogP contribution in [0.1, 0.15) is 18.9 Å². The molecule has 0 saturated heterocycles. The van der Waals surface area contributed by atoms with Crippen LogP contribution in [-0.4, -0.2) is 23.0 Å². The zero-order valence-corrected chi connectivity index (χ0v) is 13.0. The van der Waals surface area contributed by atoms with E-state index in [1.165, 1.54) is 0 Å². The van der Waals surface area contributed by atoms with Gasteiger partial charge in [-0.15, -0.1) is 19.0 Å². The molecule has 2 aromatic rings. The summed E-state index contributed by atoms with van der Waals surface area (Å²) in [4.78, 5) is 15.2. The lowest BCUT2D eigenvalue weighted by atomic mass is 10.0. The first kappa shape index (κ1) is 17.3. The van der Waals surface area contributed by atoms with Crippen LogP contribution >= 0.6 is 12.4 Å². The Balaban J connectivity index is 0.00000220. The maximum Gasteiger partial charge on any atom is 0.237 e. The minimum absolute atomic E-state index is 0. The lowest BCUT2D eigenvalue weighted by Crippen LogP contribution is -2.45. The molecule has 1 unspecified atom stereocenters. The average molecular weight is 308 g/mol. The summed E-state index contributed by atoms with van der Waals surface area (Å²) >= 11 is 0. The molecule has 0 spiro atoms. The van der Waals surface area contributed by atoms with Crippen LogP contribution in [-0.2, 0) is 11.2 Å². The van der Waals surface area contributed by atoms with Crippen LogP contribution in [0.4, 0.5) is 0 Å². The standard InChI is InChI=1S/C16H21N3O.ClH/c1-3-6-11(2)19-16(20)14(17)9-12-10-18-15-8-5-4-7-13(12)15;/h3-5,7-8,10-11,14,18H,1,6,9,17H2,2H3,(H,19,20);1H/t11?,14-;/m0./s1. The summed E-state index contributed by atoms with van der Waals surface area (Å²) in [5, 5.41) is 4.02. The van der Waals surface area contributed by atoms with Crippen molar-refractivity contribution in [3.05, 3.63) is 48.7 Å². The number of hydrogen-bond donors (Lipinski definition) is 3. The zero-order valence-electron chi connectivity index (χ0n) is 12.1. The largest absolute Gasteiger partial charge is 0.361 e. The van der Waals surface area contributed by atoms with Gasteiger partial charge in [0.2, 0.25) is 5.91 Å². The molecule has 2 atom stereocenters. The third kappa shape index (κ3) is 4.34. The number of nitrogens with two attached hydrogens (primary N) is 1. The molecule has 1 aromatic carbocycles. The third-order valence-corrected chi connectivity index (χ3v) is 3.36. The van der Waals surface area contributed by atoms with Crippen LogP contribution in [0.2, 0.25) is 0 Å². The number of hydrogen-bond acceptors (Lipinski definition) is 2. The first-order valence-electron chi connectivity index (χ1n) is 6.83. The minimum Gasteiger partial charge on any atom is -0.361 e. The smallest absolute Gasteiger partial charge is 0.237 e. The number of amides is 1. The summed E-state index contributed by atoms with van der Waals surface area (Å²) < 4.78 is 0. The van der Waals surface area contributed by atoms with Gasteiger partial charge in [-0.3, -0.25) is 4.79 Å². The molecule has 0 aliphatic rings. The van der Waals surface area contributed by atoms with E-state index < -0.39 is 6.04 Å². The van der Waals surface area contributed by atoms with E-state index in [0.717, 1.165) is 22.9 Å². The predicted molar refractivity (Wildman–Crippen MR) is 89.6 cm³/mol. The number of para-hydroxylation sites is 1. The van der Waals surface area contributed by atoms with E-state index in [1.54, 1.807) is 6.08 Å². The molecule has 1 heterocycles. The number of carbonyl (C=O) groups excluding carboxylic acids is 1. The molecule has 5 heteroatoms. The van der Waals surface area contributed by atoms with Gasteiger partial charge in [0.15, 0.2) is 0 Å². The summed E-state index contributed by atoms with van der Waals surface area (Å²) in [5.74, 6) is -0.121. The van der Waals surface area contributed by atoms with E-state index in [4.69, 9.17) is 5.73 Å². The topological polar surface area (TPSA) is 70.9 Å². The molecule has 1 aromatic heterocycles. The fourth-order valence-electron chi connectivity index (χ4n) is 2.29. The predicted octanol–water partition coefficient (Wildman–Crippen LogP) is 2.54. The van der Waals surface area contributed by atoms with Gasteiger partial charge >= 0.3 is 0 Å². The van der Waals surface area contributed by atoms with Crippen LogP contribution in [0, 0.1) is 0 Å². The van der Waals surface area contributed by atoms with E-state index in [1.807, 2.05) is 37.4 Å². The van der Waals surface area contributed by atoms with Gasteiger partial charge in [-0.25, -0.2) is 0 Å². The summed E-state index contributed by atoms with van der Waals surface area (Å²) in [6.45, 7) is 5.60. The van der Waals surface area contributed by atoms with E-state index in [9.17, 15) is 4.79 Å². The van der Waals surface area contributed by atoms with E-state index in [2.05, 4.69) is 16.9 Å². The highest BCUT2D eigenvalue weighted by molar-refractivity contribution is 5.86. The van der Waals surface area contributed by atoms with Crippen molar-refractivity contribution in [3.8, 4) is 0 Å². The Bertz CT molecular complexity index is 608. The number of nitrogens with one attached hydrogen (secondary N) is 2. The number of halogens is 1. The van der Waals surface area contributed by atoms with Crippen molar-refractivity contribution >= 4 is 29.2 Å². The van der Waals surface area contributed by atoms with Crippen molar-refractivity contribution < 1.29 is 4.79 Å². The number of fused-ring (bicyclic) bond motifs is 1. The van der Waals surface area contributed by atoms with Crippen LogP contribution < -0.4 is 11.1 Å². The van der Waals surface area contributed by atoms with Crippen LogP contribution in [0.15, 0.2) is 43.1 Å². The van der Waals surface area contributed by atoms with E-state index in [0.29, 0.717) is 6.42 Å². The van der Waals surface area contributed by atoms with Crippen LogP contribution in [0.5, 0.6) is 0 Å². The lowest BCUT2D eigenvalue weighted by molar-refractivity contribution is -0.122. The summed E-state index contributed by atoms with van der Waals surface area (Å²) in [6, 6.07) is 7.53. The van der Waals surface area contributed by atoms with Crippen molar-refractivity contribution in [2.75, 3.05) is 0 Å². The summed E-state index contributed by atoms with van der Waals surface area (Å²) in [5.41, 5.74) is 8.13. The van der Waals surface area contributed by atoms with Crippen LogP contribution in [0.25, 0.3) is 10.9 Å². The number of carbonyl (C=O) groups is 1. The lowest BCUT2D eigenvalue weighted by Gasteiger charge is -2.16. The molecule has 2 rings (SSSR count). The first-order valence-corrected chi connectivity index (χ1v) is 6.83. The van der Waals surface area contributed by atoms with Gasteiger partial charge in [-0.05, 0) is 31.4 Å². The fourth-order valence-corrected chi connectivity index (χ4v) is 2.29. The molecule has 4 nitrogen and oxygen atoms in total. The molecule has 1 amide bonds. The average Bonchev–Trinajstić information content (AvgIpc) is 2.82. The van der Waals surface area contributed by atoms with Gasteiger partial charge in [0.05, 0.1) is 6.04 Å². The Labute approximate surface area is 131 Å². The minimum atomic E-state index is -0.540. The molecule has 4 N–H and O–H groups in total. The molecule has 21 heavy (non-hydrogen) atoms. The van der Waals surface area contributed by atoms with Gasteiger partial charge in [-0.2, -0.15) is 0 Å². The van der Waals surface area contributed by atoms with Gasteiger partial charge < -0.3 is 16.0 Å². The van der Waals surface area contributed by atoms with Crippen LogP contribution in [0.3, 0.4) is 0 Å². The van der Waals surface area contributed by atoms with Crippen molar-refractivity contribution in [2.24, 2.45) is 5.73 Å². The maximum absolute atomic E-state index is 12.0. The zero-order chi connectivity index (χ0) is 14.5. The highest BCUT2D eigenvalue weighted by Crippen LogP contribution is 2.18. The van der Waals surface area contributed by atoms with Crippen molar-refractivity contribution in [2.45, 2.75) is 31.8 Å². The fraction of sp³-hybridized carbons (Fsp3) is 0.312. The highest BCUT2D eigenvalue weighted by atomic mass is 35.5. The Kier molecular flexibility index (Phi) is 6.46. The number of rotatable bonds is 6. The molecule has 0 fully saturated rings. The molecule has 114 valence electrons. The summed E-state index contributed by atoms with van der Waals surface area (Å²) in [7, 11) is 0. The number of aromatic amines is 1. The first-order chi connectivity index (χ1) is 9.61. The monoisotopic (exact) mass is 307 g/mol. The third-order valence-electron chi connectivity index (χ3n) is 3.36. The maximum atomic E-state index is 12.0. The molecular formula is C16H22ClN3O. The van der Waals surface area contributed by atoms with Gasteiger partial charge in [0.25, 0.3) is 0 Å². The molecule has 0 saturated carbocycles. The molecule has 0 aliphatic heterocycles. The van der Waals surface area contributed by atoms with Gasteiger partial charge in [0.1, 0.15) is 0 Å². The van der Waals surface area contributed by atoms with Crippen molar-refractivity contribution in [3.63, 3.8) is 0 Å². The molecular weight excluding hydrogens is 286 g/mol. The van der Waals surface area contributed by atoms with Gasteiger partial charge in [-0.1, -0.05) is 24.3 Å². The Morgan fingerprint density at radius 3 is 2.90 bits per heavy atom. The quantitative estimate of drug-likeness (QED) is 0.718. The normalized spacial score (nSPS) is 13.2. The van der Waals surface area contributed by atoms with Crippen molar-refractivity contribution in [1.29, 1.82) is 0 Å². The SMILES string of the molecule is C=CCC(C)NC(=O)[C@@H](N)Cc1c[nH]c2ccccc12.Cl. The number of benzene rings is 1. The van der Waals surface area contributed by atoms with Gasteiger partial charge in [0, 0.05) is 23.1 Å². The second kappa shape index (κ2) is 7.86. The Hall–Kier alpha value is -1.78. The van der Waals surface area contributed by atoms with E-state index >= 15 is 0 Å². The number of aromatic nitrogens is 1. The second-order valence-electron chi connectivity index (χ2n) is 5.10. The molecule has 0 bridgehead atoms. The Morgan fingerprint density at radius 2 is 2.19 bits per heavy atom. The molecule has 0 radical (unpaired) electrons. The summed E-state index contributed by atoms with van der Waals surface area (Å²) in [6.07, 6.45) is 4.98. The number of H-pyrrole nitrogens is 1. The second-order valence-corrected chi connectivity index (χ2v) is 5.10.